The maximum atomic E-state index is 12.9. The third-order valence-electron chi connectivity index (χ3n) is 4.00. The Kier molecular flexibility index (Phi) is 2.81. The molecule has 0 amide bonds. The number of benzene rings is 2. The Morgan fingerprint density at radius 3 is 3.00 bits per heavy atom. The fourth-order valence-electron chi connectivity index (χ4n) is 2.98. The van der Waals surface area contributed by atoms with Crippen LogP contribution in [0.25, 0.3) is 0 Å². The van der Waals surface area contributed by atoms with E-state index in [1.165, 1.54) is 4.90 Å². The lowest BCUT2D eigenvalue weighted by atomic mass is 9.91. The van der Waals surface area contributed by atoms with Crippen LogP contribution in [0, 0.1) is 0 Å². The van der Waals surface area contributed by atoms with Crippen molar-refractivity contribution in [2.75, 3.05) is 12.4 Å². The summed E-state index contributed by atoms with van der Waals surface area (Å²) < 4.78 is 5.67. The SMILES string of the molecule is O=C(c1cccc2c1OCC2)C1CSc2ccccc21. The van der Waals surface area contributed by atoms with Gasteiger partial charge in [0, 0.05) is 17.1 Å². The van der Waals surface area contributed by atoms with Crippen molar-refractivity contribution < 1.29 is 9.53 Å². The van der Waals surface area contributed by atoms with Gasteiger partial charge in [-0.3, -0.25) is 4.79 Å². The Morgan fingerprint density at radius 1 is 1.15 bits per heavy atom. The van der Waals surface area contributed by atoms with Gasteiger partial charge in [-0.1, -0.05) is 30.3 Å². The third-order valence-corrected chi connectivity index (χ3v) is 5.18. The number of hydrogen-bond acceptors (Lipinski definition) is 3. The van der Waals surface area contributed by atoms with Gasteiger partial charge in [0.15, 0.2) is 5.78 Å². The zero-order valence-electron chi connectivity index (χ0n) is 11.0. The molecule has 0 radical (unpaired) electrons. The molecule has 0 saturated carbocycles. The molecular weight excluding hydrogens is 268 g/mol. The number of rotatable bonds is 2. The van der Waals surface area contributed by atoms with Crippen molar-refractivity contribution in [1.29, 1.82) is 0 Å². The van der Waals surface area contributed by atoms with E-state index in [1.54, 1.807) is 11.8 Å². The molecule has 2 aliphatic heterocycles. The maximum absolute atomic E-state index is 12.9. The van der Waals surface area contributed by atoms with E-state index in [4.69, 9.17) is 4.74 Å². The van der Waals surface area contributed by atoms with Crippen LogP contribution in [-0.4, -0.2) is 18.1 Å². The number of fused-ring (bicyclic) bond motifs is 2. The number of carbonyl (C=O) groups is 1. The fraction of sp³-hybridized carbons (Fsp3) is 0.235. The monoisotopic (exact) mass is 282 g/mol. The molecular formula is C17H14O2S. The van der Waals surface area contributed by atoms with Gasteiger partial charge < -0.3 is 4.74 Å². The Labute approximate surface area is 122 Å². The van der Waals surface area contributed by atoms with Crippen molar-refractivity contribution >= 4 is 17.5 Å². The van der Waals surface area contributed by atoms with Crippen LogP contribution < -0.4 is 4.74 Å². The molecule has 2 aromatic rings. The predicted octanol–water partition coefficient (Wildman–Crippen LogP) is 3.69. The van der Waals surface area contributed by atoms with Gasteiger partial charge in [-0.05, 0) is 23.3 Å². The molecule has 100 valence electrons. The average Bonchev–Trinajstić information content (AvgIpc) is 3.12. The summed E-state index contributed by atoms with van der Waals surface area (Å²) in [6.45, 7) is 0.690. The highest BCUT2D eigenvalue weighted by molar-refractivity contribution is 7.99. The first kappa shape index (κ1) is 12.0. The number of hydrogen-bond donors (Lipinski definition) is 0. The summed E-state index contributed by atoms with van der Waals surface area (Å²) in [5.41, 5.74) is 3.08. The number of ketones is 1. The van der Waals surface area contributed by atoms with Gasteiger partial charge in [0.1, 0.15) is 5.75 Å². The van der Waals surface area contributed by atoms with Crippen LogP contribution in [0.4, 0.5) is 0 Å². The fourth-order valence-corrected chi connectivity index (χ4v) is 4.21. The van der Waals surface area contributed by atoms with E-state index in [9.17, 15) is 4.79 Å². The number of ether oxygens (including phenoxy) is 1. The number of para-hydroxylation sites is 1. The lowest BCUT2D eigenvalue weighted by molar-refractivity contribution is 0.0965. The van der Waals surface area contributed by atoms with Gasteiger partial charge in [-0.2, -0.15) is 0 Å². The summed E-state index contributed by atoms with van der Waals surface area (Å²) in [7, 11) is 0. The minimum atomic E-state index is -0.0353. The average molecular weight is 282 g/mol. The summed E-state index contributed by atoms with van der Waals surface area (Å²) in [4.78, 5) is 14.1. The molecule has 2 aromatic carbocycles. The van der Waals surface area contributed by atoms with Crippen LogP contribution in [0.1, 0.15) is 27.4 Å². The van der Waals surface area contributed by atoms with Gasteiger partial charge in [0.25, 0.3) is 0 Å². The highest BCUT2D eigenvalue weighted by atomic mass is 32.2. The first-order valence-corrected chi connectivity index (χ1v) is 7.84. The van der Waals surface area contributed by atoms with E-state index in [-0.39, 0.29) is 11.7 Å². The zero-order chi connectivity index (χ0) is 13.5. The van der Waals surface area contributed by atoms with Crippen molar-refractivity contribution in [3.63, 3.8) is 0 Å². The van der Waals surface area contributed by atoms with Crippen LogP contribution in [-0.2, 0) is 6.42 Å². The summed E-state index contributed by atoms with van der Waals surface area (Å²) >= 11 is 1.77. The molecule has 1 unspecified atom stereocenters. The van der Waals surface area contributed by atoms with Gasteiger partial charge in [0.05, 0.1) is 18.1 Å². The van der Waals surface area contributed by atoms with Crippen LogP contribution in [0.3, 0.4) is 0 Å². The molecule has 0 spiro atoms. The van der Waals surface area contributed by atoms with E-state index < -0.39 is 0 Å². The Balaban J connectivity index is 1.75. The lowest BCUT2D eigenvalue weighted by Gasteiger charge is -2.12. The summed E-state index contributed by atoms with van der Waals surface area (Å²) in [6, 6.07) is 14.1. The van der Waals surface area contributed by atoms with Gasteiger partial charge in [-0.15, -0.1) is 11.8 Å². The molecule has 2 nitrogen and oxygen atoms in total. The smallest absolute Gasteiger partial charge is 0.174 e. The minimum absolute atomic E-state index is 0.0353. The van der Waals surface area contributed by atoms with Crippen molar-refractivity contribution in [3.05, 3.63) is 59.2 Å². The molecule has 4 rings (SSSR count). The van der Waals surface area contributed by atoms with Crippen LogP contribution >= 0.6 is 11.8 Å². The maximum Gasteiger partial charge on any atom is 0.174 e. The molecule has 0 N–H and O–H groups in total. The molecule has 0 fully saturated rings. The third kappa shape index (κ3) is 1.77. The topological polar surface area (TPSA) is 26.3 Å². The number of thioether (sulfide) groups is 1. The van der Waals surface area contributed by atoms with E-state index >= 15 is 0 Å². The number of carbonyl (C=O) groups excluding carboxylic acids is 1. The number of Topliss-reactive ketones (excluding diaryl/α,β-unsaturated/α-hetero) is 1. The molecule has 2 heterocycles. The summed E-state index contributed by atoms with van der Waals surface area (Å²) in [6.07, 6.45) is 0.909. The van der Waals surface area contributed by atoms with Crippen LogP contribution in [0.5, 0.6) is 5.75 Å². The van der Waals surface area contributed by atoms with Crippen LogP contribution in [0.15, 0.2) is 47.4 Å². The Morgan fingerprint density at radius 2 is 2.05 bits per heavy atom. The van der Waals surface area contributed by atoms with Crippen molar-refractivity contribution in [2.24, 2.45) is 0 Å². The second-order valence-electron chi connectivity index (χ2n) is 5.16. The quantitative estimate of drug-likeness (QED) is 0.786. The lowest BCUT2D eigenvalue weighted by Crippen LogP contribution is -2.13. The standard InChI is InChI=1S/C17H14O2S/c18-16(13-6-3-4-11-8-9-19-17(11)13)14-10-20-15-7-2-1-5-12(14)15/h1-7,14H,8-10H2. The summed E-state index contributed by atoms with van der Waals surface area (Å²) in [5.74, 6) is 1.81. The highest BCUT2D eigenvalue weighted by Gasteiger charge is 2.32. The molecule has 2 aliphatic rings. The molecule has 3 heteroatoms. The second-order valence-corrected chi connectivity index (χ2v) is 6.22. The first-order chi connectivity index (χ1) is 9.84. The van der Waals surface area contributed by atoms with Crippen molar-refractivity contribution in [1.82, 2.24) is 0 Å². The normalized spacial score (nSPS) is 19.3. The van der Waals surface area contributed by atoms with E-state index in [0.29, 0.717) is 6.61 Å². The molecule has 0 bridgehead atoms. The van der Waals surface area contributed by atoms with Gasteiger partial charge in [-0.25, -0.2) is 0 Å². The predicted molar refractivity (Wildman–Crippen MR) is 79.9 cm³/mol. The van der Waals surface area contributed by atoms with Crippen LogP contribution in [0.2, 0.25) is 0 Å². The van der Waals surface area contributed by atoms with Gasteiger partial charge >= 0.3 is 0 Å². The molecule has 0 aliphatic carbocycles. The van der Waals surface area contributed by atoms with Crippen molar-refractivity contribution in [3.8, 4) is 5.75 Å². The Bertz CT molecular complexity index is 693. The molecule has 0 saturated heterocycles. The van der Waals surface area contributed by atoms with E-state index in [2.05, 4.69) is 18.2 Å². The molecule has 0 aromatic heterocycles. The van der Waals surface area contributed by atoms with E-state index in [0.717, 1.165) is 34.6 Å². The zero-order valence-corrected chi connectivity index (χ0v) is 11.8. The van der Waals surface area contributed by atoms with Crippen molar-refractivity contribution in [2.45, 2.75) is 17.2 Å². The van der Waals surface area contributed by atoms with E-state index in [1.807, 2.05) is 24.3 Å². The largest absolute Gasteiger partial charge is 0.492 e. The second kappa shape index (κ2) is 4.67. The molecule has 1 atom stereocenters. The van der Waals surface area contributed by atoms with Gasteiger partial charge in [0.2, 0.25) is 0 Å². The first-order valence-electron chi connectivity index (χ1n) is 6.85. The molecule has 20 heavy (non-hydrogen) atoms. The summed E-state index contributed by atoms with van der Waals surface area (Å²) in [5, 5.41) is 0. The Hall–Kier alpha value is -1.74. The minimum Gasteiger partial charge on any atom is -0.492 e. The highest BCUT2D eigenvalue weighted by Crippen LogP contribution is 2.42.